The molecule has 1 aromatic rings. The van der Waals surface area contributed by atoms with E-state index >= 15 is 0 Å². The first-order valence-corrected chi connectivity index (χ1v) is 11.7. The van der Waals surface area contributed by atoms with Crippen LogP contribution in [0.25, 0.3) is 0 Å². The molecule has 1 aromatic carbocycles. The van der Waals surface area contributed by atoms with Crippen LogP contribution in [0.3, 0.4) is 0 Å². The number of nitrogens with one attached hydrogen (secondary N) is 2. The number of nitrogens with zero attached hydrogens (tertiary/aromatic N) is 1. The Labute approximate surface area is 181 Å². The standard InChI is InChI=1S/C25H37N3O2/c1-16(2)10-11-28-15-19-13-21-20(12-18-8-6-5-7-9-18)22(28)25(19,27-23(21)29)24(30)26-14-17(3)4/h5-9,16-17,19-22H,10-15H2,1-4H3,(H,26,30)(H,27,29)/t19-,20+,21+,22-,25-/m0/s1. The molecule has 4 aliphatic rings. The second-order valence-electron chi connectivity index (χ2n) is 10.5. The van der Waals surface area contributed by atoms with Crippen LogP contribution in [0, 0.1) is 29.6 Å². The molecule has 4 fully saturated rings. The van der Waals surface area contributed by atoms with Crippen molar-refractivity contribution in [3.05, 3.63) is 35.9 Å². The molecule has 5 atom stereocenters. The van der Waals surface area contributed by atoms with Gasteiger partial charge in [-0.05, 0) is 49.1 Å². The van der Waals surface area contributed by atoms with E-state index in [2.05, 4.69) is 67.5 Å². The highest BCUT2D eigenvalue weighted by Crippen LogP contribution is 2.53. The summed E-state index contributed by atoms with van der Waals surface area (Å²) in [4.78, 5) is 29.2. The van der Waals surface area contributed by atoms with Crippen LogP contribution >= 0.6 is 0 Å². The third-order valence-corrected chi connectivity index (χ3v) is 7.44. The summed E-state index contributed by atoms with van der Waals surface area (Å²) in [5.74, 6) is 1.50. The van der Waals surface area contributed by atoms with E-state index in [0.717, 1.165) is 32.4 Å². The van der Waals surface area contributed by atoms with Gasteiger partial charge in [0.15, 0.2) is 0 Å². The van der Waals surface area contributed by atoms with Crippen molar-refractivity contribution in [2.75, 3.05) is 19.6 Å². The number of amides is 2. The zero-order valence-electron chi connectivity index (χ0n) is 18.9. The highest BCUT2D eigenvalue weighted by atomic mass is 16.2. The lowest BCUT2D eigenvalue weighted by Crippen LogP contribution is -2.78. The average Bonchev–Trinajstić information content (AvgIpc) is 2.94. The van der Waals surface area contributed by atoms with Crippen LogP contribution < -0.4 is 10.6 Å². The Morgan fingerprint density at radius 3 is 2.60 bits per heavy atom. The third kappa shape index (κ3) is 3.66. The Hall–Kier alpha value is -1.88. The Kier molecular flexibility index (Phi) is 5.93. The van der Waals surface area contributed by atoms with E-state index in [1.807, 2.05) is 6.07 Å². The van der Waals surface area contributed by atoms with E-state index in [0.29, 0.717) is 18.4 Å². The van der Waals surface area contributed by atoms with Crippen molar-refractivity contribution in [3.63, 3.8) is 0 Å². The van der Waals surface area contributed by atoms with Crippen LogP contribution in [0.5, 0.6) is 0 Å². The predicted octanol–water partition coefficient (Wildman–Crippen LogP) is 2.85. The second kappa shape index (κ2) is 8.33. The molecule has 0 unspecified atom stereocenters. The summed E-state index contributed by atoms with van der Waals surface area (Å²) in [5, 5.41) is 6.43. The number of fused-ring (bicyclic) bond motifs is 1. The molecule has 3 heterocycles. The monoisotopic (exact) mass is 411 g/mol. The highest BCUT2D eigenvalue weighted by Gasteiger charge is 2.70. The fourth-order valence-corrected chi connectivity index (χ4v) is 6.03. The van der Waals surface area contributed by atoms with Crippen molar-refractivity contribution >= 4 is 11.8 Å². The van der Waals surface area contributed by atoms with E-state index < -0.39 is 5.54 Å². The fraction of sp³-hybridized carbons (Fsp3) is 0.680. The fourth-order valence-electron chi connectivity index (χ4n) is 6.03. The minimum atomic E-state index is -0.781. The van der Waals surface area contributed by atoms with Gasteiger partial charge in [0.05, 0.1) is 0 Å². The lowest BCUT2D eigenvalue weighted by molar-refractivity contribution is -0.154. The zero-order valence-corrected chi connectivity index (χ0v) is 18.9. The van der Waals surface area contributed by atoms with Gasteiger partial charge in [-0.1, -0.05) is 58.0 Å². The molecular weight excluding hydrogens is 374 g/mol. The summed E-state index contributed by atoms with van der Waals surface area (Å²) in [6.45, 7) is 11.3. The van der Waals surface area contributed by atoms with E-state index in [-0.39, 0.29) is 35.6 Å². The Balaban J connectivity index is 1.68. The normalized spacial score (nSPS) is 32.7. The number of carbonyl (C=O) groups is 2. The van der Waals surface area contributed by atoms with Crippen molar-refractivity contribution in [2.24, 2.45) is 29.6 Å². The quantitative estimate of drug-likeness (QED) is 0.692. The van der Waals surface area contributed by atoms with E-state index in [1.165, 1.54) is 5.56 Å². The SMILES string of the molecule is CC(C)CCN1C[C@@H]2C[C@H]3C(=O)N[C@]2(C(=O)NCC(C)C)[C@@H]1[C@@H]3Cc1ccccc1. The van der Waals surface area contributed by atoms with Gasteiger partial charge in [-0.3, -0.25) is 14.5 Å². The molecule has 0 radical (unpaired) electrons. The first-order chi connectivity index (χ1) is 14.3. The van der Waals surface area contributed by atoms with Gasteiger partial charge in [0.25, 0.3) is 0 Å². The van der Waals surface area contributed by atoms with Crippen molar-refractivity contribution in [3.8, 4) is 0 Å². The summed E-state index contributed by atoms with van der Waals surface area (Å²) in [6, 6.07) is 10.5. The molecule has 0 spiro atoms. The number of piperidine rings is 2. The summed E-state index contributed by atoms with van der Waals surface area (Å²) in [6.07, 6.45) is 2.80. The van der Waals surface area contributed by atoms with Gasteiger partial charge in [0.2, 0.25) is 11.8 Å². The van der Waals surface area contributed by atoms with E-state index in [4.69, 9.17) is 0 Å². The average molecular weight is 412 g/mol. The zero-order chi connectivity index (χ0) is 21.5. The molecule has 4 bridgehead atoms. The molecule has 2 N–H and O–H groups in total. The van der Waals surface area contributed by atoms with Crippen molar-refractivity contribution < 1.29 is 9.59 Å². The molecule has 3 saturated heterocycles. The number of likely N-dealkylation sites (tertiary alicyclic amines) is 1. The minimum Gasteiger partial charge on any atom is -0.354 e. The Bertz CT molecular complexity index is 778. The van der Waals surface area contributed by atoms with Gasteiger partial charge in [-0.2, -0.15) is 0 Å². The lowest BCUT2D eigenvalue weighted by Gasteiger charge is -2.55. The second-order valence-corrected chi connectivity index (χ2v) is 10.5. The van der Waals surface area contributed by atoms with E-state index in [9.17, 15) is 9.59 Å². The predicted molar refractivity (Wildman–Crippen MR) is 119 cm³/mol. The molecule has 30 heavy (non-hydrogen) atoms. The summed E-state index contributed by atoms with van der Waals surface area (Å²) in [7, 11) is 0. The molecule has 1 saturated carbocycles. The first kappa shape index (κ1) is 21.4. The maximum Gasteiger partial charge on any atom is 0.247 e. The third-order valence-electron chi connectivity index (χ3n) is 7.44. The van der Waals surface area contributed by atoms with Crippen LogP contribution in [0.15, 0.2) is 30.3 Å². The first-order valence-electron chi connectivity index (χ1n) is 11.7. The van der Waals surface area contributed by atoms with Crippen molar-refractivity contribution in [2.45, 2.75) is 58.5 Å². The number of benzene rings is 1. The number of hydrogen-bond acceptors (Lipinski definition) is 3. The van der Waals surface area contributed by atoms with Gasteiger partial charge >= 0.3 is 0 Å². The van der Waals surface area contributed by atoms with Gasteiger partial charge in [-0.15, -0.1) is 0 Å². The Morgan fingerprint density at radius 2 is 1.93 bits per heavy atom. The number of hydrogen-bond donors (Lipinski definition) is 2. The van der Waals surface area contributed by atoms with E-state index in [1.54, 1.807) is 0 Å². The maximum absolute atomic E-state index is 13.6. The van der Waals surface area contributed by atoms with Crippen molar-refractivity contribution in [1.82, 2.24) is 15.5 Å². The van der Waals surface area contributed by atoms with Gasteiger partial charge in [-0.25, -0.2) is 0 Å². The van der Waals surface area contributed by atoms with Crippen LogP contribution in [-0.2, 0) is 16.0 Å². The molecule has 2 amide bonds. The minimum absolute atomic E-state index is 0.00373. The topological polar surface area (TPSA) is 61.4 Å². The van der Waals surface area contributed by atoms with Crippen LogP contribution in [0.1, 0.15) is 46.1 Å². The Morgan fingerprint density at radius 1 is 1.20 bits per heavy atom. The van der Waals surface area contributed by atoms with Gasteiger partial charge in [0.1, 0.15) is 5.54 Å². The molecule has 1 aliphatic carbocycles. The molecule has 5 rings (SSSR count). The molecular formula is C25H37N3O2. The lowest BCUT2D eigenvalue weighted by atomic mass is 9.58. The largest absolute Gasteiger partial charge is 0.354 e. The van der Waals surface area contributed by atoms with Crippen molar-refractivity contribution in [1.29, 1.82) is 0 Å². The summed E-state index contributed by atoms with van der Waals surface area (Å²) < 4.78 is 0. The van der Waals surface area contributed by atoms with Gasteiger partial charge < -0.3 is 10.6 Å². The van der Waals surface area contributed by atoms with Gasteiger partial charge in [0, 0.05) is 31.0 Å². The molecule has 5 nitrogen and oxygen atoms in total. The van der Waals surface area contributed by atoms with Crippen LogP contribution in [0.2, 0.25) is 0 Å². The van der Waals surface area contributed by atoms with Crippen LogP contribution in [0.4, 0.5) is 0 Å². The highest BCUT2D eigenvalue weighted by molar-refractivity contribution is 5.97. The van der Waals surface area contributed by atoms with Crippen LogP contribution in [-0.4, -0.2) is 47.9 Å². The summed E-state index contributed by atoms with van der Waals surface area (Å²) >= 11 is 0. The number of carbonyl (C=O) groups excluding carboxylic acids is 2. The molecule has 0 aromatic heterocycles. The smallest absolute Gasteiger partial charge is 0.247 e. The summed E-state index contributed by atoms with van der Waals surface area (Å²) in [5.41, 5.74) is 0.477. The maximum atomic E-state index is 13.6. The number of rotatable bonds is 8. The molecule has 3 aliphatic heterocycles. The molecule has 164 valence electrons. The molecule has 5 heteroatoms.